The molecule has 2 N–H and O–H groups in total. The van der Waals surface area contributed by atoms with Crippen LogP contribution in [0, 0.1) is 0 Å². The average molecular weight is 328 g/mol. The Morgan fingerprint density at radius 2 is 2.33 bits per heavy atom. The number of carbonyl (C=O) groups is 3. The predicted molar refractivity (Wildman–Crippen MR) is 82.9 cm³/mol. The molecule has 0 bridgehead atoms. The molecular formula is C13H16N2O4S2. The Kier molecular flexibility index (Phi) is 5.00. The van der Waals surface area contributed by atoms with Gasteiger partial charge in [0.05, 0.1) is 5.75 Å². The molecule has 0 aromatic heterocycles. The Hall–Kier alpha value is -1.41. The fourth-order valence-corrected chi connectivity index (χ4v) is 4.06. The van der Waals surface area contributed by atoms with Gasteiger partial charge >= 0.3 is 5.97 Å². The quantitative estimate of drug-likeness (QED) is 0.423. The number of β-lactam (4-membered cyclic amide) rings is 1. The van der Waals surface area contributed by atoms with Gasteiger partial charge in [0.15, 0.2) is 0 Å². The molecule has 0 aromatic carbocycles. The number of carbonyl (C=O) groups excluding carboxylic acids is 2. The number of rotatable bonds is 6. The van der Waals surface area contributed by atoms with E-state index in [4.69, 9.17) is 5.11 Å². The van der Waals surface area contributed by atoms with Gasteiger partial charge in [0, 0.05) is 11.0 Å². The minimum absolute atomic E-state index is 0.00258. The maximum absolute atomic E-state index is 12.1. The lowest BCUT2D eigenvalue weighted by atomic mass is 10.0. The fraction of sp³-hybridized carbons (Fsp3) is 0.462. The van der Waals surface area contributed by atoms with Crippen LogP contribution in [0.5, 0.6) is 0 Å². The second-order valence-corrected chi connectivity index (χ2v) is 7.18. The zero-order valence-electron chi connectivity index (χ0n) is 11.4. The number of nitrogens with zero attached hydrogens (tertiary/aromatic N) is 1. The van der Waals surface area contributed by atoms with E-state index in [-0.39, 0.29) is 33.9 Å². The van der Waals surface area contributed by atoms with Crippen molar-refractivity contribution in [3.05, 3.63) is 24.4 Å². The highest BCUT2D eigenvalue weighted by Gasteiger charge is 2.53. The Labute approximate surface area is 131 Å². The summed E-state index contributed by atoms with van der Waals surface area (Å²) in [6.45, 7) is 5.43. The van der Waals surface area contributed by atoms with Gasteiger partial charge in [-0.25, -0.2) is 4.79 Å². The van der Waals surface area contributed by atoms with E-state index in [9.17, 15) is 14.4 Å². The number of thioether (sulfide) groups is 2. The molecule has 2 rings (SSSR count). The Morgan fingerprint density at radius 3 is 2.95 bits per heavy atom. The molecule has 6 nitrogen and oxygen atoms in total. The number of fused-ring (bicyclic) bond motifs is 1. The summed E-state index contributed by atoms with van der Waals surface area (Å²) in [5, 5.41) is 11.5. The summed E-state index contributed by atoms with van der Waals surface area (Å²) in [5.74, 6) is -0.787. The topological polar surface area (TPSA) is 86.7 Å². The summed E-state index contributed by atoms with van der Waals surface area (Å²) in [5.41, 5.74) is 0.00258. The van der Waals surface area contributed by atoms with Gasteiger partial charge in [-0.05, 0) is 13.0 Å². The van der Waals surface area contributed by atoms with E-state index in [2.05, 4.69) is 11.9 Å². The minimum atomic E-state index is -1.12. The lowest BCUT2D eigenvalue weighted by molar-refractivity contribution is -0.150. The SMILES string of the molecule is C=CCSCC(=O)NC1C(=O)N2C(C(=O)O)=CC(C)SC12. The Bertz CT molecular complexity index is 520. The molecule has 3 unspecified atom stereocenters. The van der Waals surface area contributed by atoms with Crippen molar-refractivity contribution in [2.24, 2.45) is 0 Å². The molecular weight excluding hydrogens is 312 g/mol. The molecule has 21 heavy (non-hydrogen) atoms. The monoisotopic (exact) mass is 328 g/mol. The van der Waals surface area contributed by atoms with Crippen molar-refractivity contribution in [2.75, 3.05) is 11.5 Å². The van der Waals surface area contributed by atoms with Crippen LogP contribution in [0.15, 0.2) is 24.4 Å². The van der Waals surface area contributed by atoms with Gasteiger partial charge in [0.2, 0.25) is 5.91 Å². The third kappa shape index (κ3) is 3.26. The van der Waals surface area contributed by atoms with Crippen molar-refractivity contribution >= 4 is 41.3 Å². The molecule has 2 amide bonds. The van der Waals surface area contributed by atoms with E-state index >= 15 is 0 Å². The van der Waals surface area contributed by atoms with Crippen LogP contribution in [0.4, 0.5) is 0 Å². The highest BCUT2D eigenvalue weighted by Crippen LogP contribution is 2.40. The van der Waals surface area contributed by atoms with Gasteiger partial charge in [-0.1, -0.05) is 6.08 Å². The molecule has 2 aliphatic heterocycles. The van der Waals surface area contributed by atoms with Crippen LogP contribution in [-0.2, 0) is 14.4 Å². The molecule has 0 aliphatic carbocycles. The number of aliphatic carboxylic acids is 1. The summed E-state index contributed by atoms with van der Waals surface area (Å²) in [4.78, 5) is 36.2. The third-order valence-electron chi connectivity index (χ3n) is 3.05. The number of amides is 2. The number of hydrogen-bond acceptors (Lipinski definition) is 5. The van der Waals surface area contributed by atoms with Crippen molar-refractivity contribution < 1.29 is 19.5 Å². The molecule has 2 heterocycles. The van der Waals surface area contributed by atoms with Crippen molar-refractivity contribution in [1.82, 2.24) is 10.2 Å². The van der Waals surface area contributed by atoms with Gasteiger partial charge in [0.1, 0.15) is 17.1 Å². The van der Waals surface area contributed by atoms with E-state index in [1.165, 1.54) is 28.4 Å². The van der Waals surface area contributed by atoms with E-state index in [1.807, 2.05) is 6.92 Å². The van der Waals surface area contributed by atoms with Gasteiger partial charge in [0.25, 0.3) is 5.91 Å². The van der Waals surface area contributed by atoms with Gasteiger partial charge in [-0.3, -0.25) is 14.5 Å². The highest BCUT2D eigenvalue weighted by atomic mass is 32.2. The van der Waals surface area contributed by atoms with E-state index in [1.54, 1.807) is 12.2 Å². The highest BCUT2D eigenvalue weighted by molar-refractivity contribution is 8.00. The summed E-state index contributed by atoms with van der Waals surface area (Å²) >= 11 is 2.87. The standard InChI is InChI=1S/C13H16N2O4S2/c1-3-4-20-6-9(16)14-10-11(17)15-8(13(18)19)5-7(2)21-12(10)15/h3,5,7,10,12H,1,4,6H2,2H3,(H,14,16)(H,18,19). The van der Waals surface area contributed by atoms with E-state index < -0.39 is 12.0 Å². The van der Waals surface area contributed by atoms with Gasteiger partial charge in [-0.15, -0.1) is 30.1 Å². The van der Waals surface area contributed by atoms with Crippen LogP contribution >= 0.6 is 23.5 Å². The first kappa shape index (κ1) is 16.0. The van der Waals surface area contributed by atoms with Crippen LogP contribution in [0.25, 0.3) is 0 Å². The molecule has 2 aliphatic rings. The second-order valence-electron chi connectivity index (χ2n) is 4.65. The number of carboxylic acids is 1. The van der Waals surface area contributed by atoms with Gasteiger partial charge in [-0.2, -0.15) is 0 Å². The lowest BCUT2D eigenvalue weighted by Gasteiger charge is -2.49. The van der Waals surface area contributed by atoms with Crippen LogP contribution in [0.2, 0.25) is 0 Å². The first-order chi connectivity index (χ1) is 9.95. The zero-order valence-corrected chi connectivity index (χ0v) is 13.1. The van der Waals surface area contributed by atoms with Crippen molar-refractivity contribution in [1.29, 1.82) is 0 Å². The maximum Gasteiger partial charge on any atom is 0.352 e. The third-order valence-corrected chi connectivity index (χ3v) is 5.32. The molecule has 8 heteroatoms. The fourth-order valence-electron chi connectivity index (χ4n) is 2.18. The smallest absolute Gasteiger partial charge is 0.352 e. The van der Waals surface area contributed by atoms with Crippen molar-refractivity contribution in [3.8, 4) is 0 Å². The number of carboxylic acid groups (broad SMARTS) is 1. The van der Waals surface area contributed by atoms with Crippen LogP contribution in [0.3, 0.4) is 0 Å². The molecule has 3 atom stereocenters. The predicted octanol–water partition coefficient (Wildman–Crippen LogP) is 0.662. The summed E-state index contributed by atoms with van der Waals surface area (Å²) < 4.78 is 0. The maximum atomic E-state index is 12.1. The lowest BCUT2D eigenvalue weighted by Crippen LogP contribution is -2.70. The minimum Gasteiger partial charge on any atom is -0.477 e. The molecule has 0 spiro atoms. The number of nitrogens with one attached hydrogen (secondary N) is 1. The summed E-state index contributed by atoms with van der Waals surface area (Å²) in [6, 6.07) is -0.641. The number of hydrogen-bond donors (Lipinski definition) is 2. The van der Waals surface area contributed by atoms with E-state index in [0.29, 0.717) is 5.75 Å². The summed E-state index contributed by atoms with van der Waals surface area (Å²) in [6.07, 6.45) is 3.26. The first-order valence-electron chi connectivity index (χ1n) is 6.37. The Balaban J connectivity index is 1.98. The summed E-state index contributed by atoms with van der Waals surface area (Å²) in [7, 11) is 0. The van der Waals surface area contributed by atoms with Crippen molar-refractivity contribution in [3.63, 3.8) is 0 Å². The largest absolute Gasteiger partial charge is 0.477 e. The molecule has 1 fully saturated rings. The Morgan fingerprint density at radius 1 is 1.62 bits per heavy atom. The zero-order chi connectivity index (χ0) is 15.6. The molecule has 0 radical (unpaired) electrons. The molecule has 0 aromatic rings. The van der Waals surface area contributed by atoms with E-state index in [0.717, 1.165) is 0 Å². The van der Waals surface area contributed by atoms with Gasteiger partial charge < -0.3 is 10.4 Å². The first-order valence-corrected chi connectivity index (χ1v) is 8.47. The molecule has 1 saturated heterocycles. The molecule has 114 valence electrons. The average Bonchev–Trinajstić information content (AvgIpc) is 2.44. The van der Waals surface area contributed by atoms with Crippen molar-refractivity contribution in [2.45, 2.75) is 23.6 Å². The van der Waals surface area contributed by atoms with Crippen LogP contribution in [-0.4, -0.2) is 56.0 Å². The molecule has 0 saturated carbocycles. The van der Waals surface area contributed by atoms with Crippen LogP contribution in [0.1, 0.15) is 6.92 Å². The second kappa shape index (κ2) is 6.57. The van der Waals surface area contributed by atoms with Crippen LogP contribution < -0.4 is 5.32 Å². The normalized spacial score (nSPS) is 27.3.